The van der Waals surface area contributed by atoms with Crippen molar-refractivity contribution in [2.24, 2.45) is 4.99 Å². The van der Waals surface area contributed by atoms with Crippen LogP contribution in [0.4, 0.5) is 0 Å². The SMILES string of the molecule is CCCNC1=C(C=NC)N(C(=O)c2cnc(OC)c(Cl)c2)CCC1NC(=O)c1ccccc1Cl. The Morgan fingerprint density at radius 1 is 1.29 bits per heavy atom. The van der Waals surface area contributed by atoms with Gasteiger partial charge in [0.25, 0.3) is 11.8 Å². The standard InChI is InChI=1S/C24H27Cl2N5O3/c1-4-10-28-21-19(30-22(32)16-7-5-6-8-17(16)25)9-11-31(20(21)14-27-2)24(33)15-12-18(26)23(34-3)29-13-15/h5-8,12-14,19,28H,4,9-11H2,1-3H3,(H,30,32). The molecule has 1 atom stereocenters. The number of carbonyl (C=O) groups excluding carboxylic acids is 2. The Labute approximate surface area is 209 Å². The van der Waals surface area contributed by atoms with E-state index in [-0.39, 0.29) is 28.8 Å². The molecule has 2 aromatic rings. The van der Waals surface area contributed by atoms with Crippen molar-refractivity contribution in [2.45, 2.75) is 25.8 Å². The lowest BCUT2D eigenvalue weighted by Crippen LogP contribution is -2.50. The summed E-state index contributed by atoms with van der Waals surface area (Å²) in [7, 11) is 3.09. The fraction of sp³-hybridized carbons (Fsp3) is 0.333. The van der Waals surface area contributed by atoms with E-state index < -0.39 is 0 Å². The molecule has 1 aromatic heterocycles. The number of aromatic nitrogens is 1. The maximum atomic E-state index is 13.4. The molecule has 1 aliphatic heterocycles. The van der Waals surface area contributed by atoms with E-state index >= 15 is 0 Å². The fourth-order valence-electron chi connectivity index (χ4n) is 3.67. The predicted octanol–water partition coefficient (Wildman–Crippen LogP) is 3.95. The van der Waals surface area contributed by atoms with Crippen LogP contribution < -0.4 is 15.4 Å². The minimum atomic E-state index is -0.357. The Morgan fingerprint density at radius 2 is 2.06 bits per heavy atom. The van der Waals surface area contributed by atoms with Crippen molar-refractivity contribution < 1.29 is 14.3 Å². The Hall–Kier alpha value is -3.10. The van der Waals surface area contributed by atoms with Gasteiger partial charge in [-0.1, -0.05) is 42.3 Å². The van der Waals surface area contributed by atoms with E-state index in [1.807, 2.05) is 6.92 Å². The molecular weight excluding hydrogens is 477 g/mol. The number of allylic oxidation sites excluding steroid dienone is 1. The lowest BCUT2D eigenvalue weighted by molar-refractivity contribution is 0.0793. The van der Waals surface area contributed by atoms with Crippen molar-refractivity contribution in [1.82, 2.24) is 20.5 Å². The number of aliphatic imine (C=N–C) groups is 1. The lowest BCUT2D eigenvalue weighted by Gasteiger charge is -2.36. The molecule has 2 N–H and O–H groups in total. The zero-order valence-electron chi connectivity index (χ0n) is 19.3. The van der Waals surface area contributed by atoms with Gasteiger partial charge in [-0.2, -0.15) is 0 Å². The number of rotatable bonds is 8. The summed E-state index contributed by atoms with van der Waals surface area (Å²) in [6.45, 7) is 3.05. The molecule has 1 aromatic carbocycles. The van der Waals surface area contributed by atoms with Crippen LogP contribution in [-0.4, -0.2) is 61.2 Å². The first-order chi connectivity index (χ1) is 16.4. The molecular formula is C24H27Cl2N5O3. The summed E-state index contributed by atoms with van der Waals surface area (Å²) in [5.74, 6) is -0.320. The number of hydrogen-bond donors (Lipinski definition) is 2. The van der Waals surface area contributed by atoms with Crippen LogP contribution in [-0.2, 0) is 0 Å². The van der Waals surface area contributed by atoms with Gasteiger partial charge in [-0.25, -0.2) is 4.98 Å². The van der Waals surface area contributed by atoms with E-state index in [1.54, 1.807) is 42.4 Å². The lowest BCUT2D eigenvalue weighted by atomic mass is 10.0. The molecule has 0 saturated heterocycles. The van der Waals surface area contributed by atoms with Crippen LogP contribution in [0.3, 0.4) is 0 Å². The highest BCUT2D eigenvalue weighted by Gasteiger charge is 2.32. The Bertz CT molecular complexity index is 1120. The van der Waals surface area contributed by atoms with Gasteiger partial charge >= 0.3 is 0 Å². The average Bonchev–Trinajstić information content (AvgIpc) is 2.83. The highest BCUT2D eigenvalue weighted by molar-refractivity contribution is 6.33. The predicted molar refractivity (Wildman–Crippen MR) is 134 cm³/mol. The quantitative estimate of drug-likeness (QED) is 0.531. The van der Waals surface area contributed by atoms with Gasteiger partial charge in [0.15, 0.2) is 0 Å². The number of hydrogen-bond acceptors (Lipinski definition) is 6. The molecule has 2 amide bonds. The van der Waals surface area contributed by atoms with Gasteiger partial charge in [0, 0.05) is 32.5 Å². The summed E-state index contributed by atoms with van der Waals surface area (Å²) >= 11 is 12.4. The molecule has 10 heteroatoms. The number of carbonyl (C=O) groups is 2. The normalized spacial score (nSPS) is 16.0. The van der Waals surface area contributed by atoms with Gasteiger partial charge < -0.3 is 20.3 Å². The van der Waals surface area contributed by atoms with Crippen LogP contribution >= 0.6 is 23.2 Å². The number of methoxy groups -OCH3 is 1. The molecule has 3 rings (SSSR count). The third-order valence-electron chi connectivity index (χ3n) is 5.29. The molecule has 0 saturated carbocycles. The van der Waals surface area contributed by atoms with Crippen molar-refractivity contribution >= 4 is 41.2 Å². The van der Waals surface area contributed by atoms with E-state index in [0.717, 1.165) is 6.42 Å². The van der Waals surface area contributed by atoms with Gasteiger partial charge in [0.05, 0.1) is 40.7 Å². The molecule has 1 unspecified atom stereocenters. The first-order valence-corrected chi connectivity index (χ1v) is 11.6. The Morgan fingerprint density at radius 3 is 2.71 bits per heavy atom. The summed E-state index contributed by atoms with van der Waals surface area (Å²) in [6.07, 6.45) is 4.39. The monoisotopic (exact) mass is 503 g/mol. The highest BCUT2D eigenvalue weighted by atomic mass is 35.5. The minimum Gasteiger partial charge on any atom is -0.480 e. The van der Waals surface area contributed by atoms with E-state index in [9.17, 15) is 9.59 Å². The number of benzene rings is 1. The number of ether oxygens (including phenoxy) is 1. The average molecular weight is 504 g/mol. The second kappa shape index (κ2) is 11.9. The summed E-state index contributed by atoms with van der Waals surface area (Å²) in [4.78, 5) is 36.3. The molecule has 0 radical (unpaired) electrons. The largest absolute Gasteiger partial charge is 0.480 e. The molecule has 1 aliphatic rings. The van der Waals surface area contributed by atoms with Crippen molar-refractivity contribution in [3.05, 3.63) is 69.1 Å². The van der Waals surface area contributed by atoms with Gasteiger partial charge in [0.1, 0.15) is 5.02 Å². The van der Waals surface area contributed by atoms with E-state index in [2.05, 4.69) is 20.6 Å². The van der Waals surface area contributed by atoms with Crippen LogP contribution in [0, 0.1) is 0 Å². The highest BCUT2D eigenvalue weighted by Crippen LogP contribution is 2.27. The number of amides is 2. The Balaban J connectivity index is 1.96. The first kappa shape index (κ1) is 25.5. The zero-order valence-corrected chi connectivity index (χ0v) is 20.8. The van der Waals surface area contributed by atoms with Crippen molar-refractivity contribution in [2.75, 3.05) is 27.2 Å². The van der Waals surface area contributed by atoms with Crippen molar-refractivity contribution in [1.29, 1.82) is 0 Å². The molecule has 0 fully saturated rings. The number of halogens is 2. The van der Waals surface area contributed by atoms with E-state index in [4.69, 9.17) is 27.9 Å². The molecule has 0 aliphatic carbocycles. The third kappa shape index (κ3) is 5.69. The van der Waals surface area contributed by atoms with Crippen LogP contribution in [0.2, 0.25) is 10.0 Å². The summed E-state index contributed by atoms with van der Waals surface area (Å²) < 4.78 is 5.08. The number of nitrogens with one attached hydrogen (secondary N) is 2. The maximum absolute atomic E-state index is 13.4. The second-order valence-electron chi connectivity index (χ2n) is 7.58. The summed E-state index contributed by atoms with van der Waals surface area (Å²) in [6, 6.07) is 8.05. The number of pyridine rings is 1. The zero-order chi connectivity index (χ0) is 24.7. The van der Waals surface area contributed by atoms with Gasteiger partial charge in [-0.15, -0.1) is 0 Å². The first-order valence-electron chi connectivity index (χ1n) is 10.9. The Kier molecular flexibility index (Phi) is 8.90. The smallest absolute Gasteiger partial charge is 0.259 e. The van der Waals surface area contributed by atoms with Gasteiger partial charge in [-0.05, 0) is 31.0 Å². The maximum Gasteiger partial charge on any atom is 0.259 e. The van der Waals surface area contributed by atoms with E-state index in [1.165, 1.54) is 19.4 Å². The summed E-state index contributed by atoms with van der Waals surface area (Å²) in [5, 5.41) is 7.05. The van der Waals surface area contributed by atoms with Gasteiger partial charge in [0.2, 0.25) is 5.88 Å². The fourth-order valence-corrected chi connectivity index (χ4v) is 4.13. The van der Waals surface area contributed by atoms with Crippen molar-refractivity contribution in [3.8, 4) is 5.88 Å². The van der Waals surface area contributed by atoms with Gasteiger partial charge in [-0.3, -0.25) is 14.6 Å². The van der Waals surface area contributed by atoms with E-state index in [0.29, 0.717) is 47.1 Å². The summed E-state index contributed by atoms with van der Waals surface area (Å²) in [5.41, 5.74) is 1.99. The molecule has 8 nitrogen and oxygen atoms in total. The molecule has 0 bridgehead atoms. The number of nitrogens with zero attached hydrogens (tertiary/aromatic N) is 3. The van der Waals surface area contributed by atoms with Crippen LogP contribution in [0.5, 0.6) is 5.88 Å². The molecule has 2 heterocycles. The minimum absolute atomic E-state index is 0.245. The molecule has 0 spiro atoms. The van der Waals surface area contributed by atoms with Crippen LogP contribution in [0.25, 0.3) is 0 Å². The molecule has 180 valence electrons. The van der Waals surface area contributed by atoms with Crippen LogP contribution in [0.15, 0.2) is 52.9 Å². The topological polar surface area (TPSA) is 95.9 Å². The molecule has 34 heavy (non-hydrogen) atoms. The van der Waals surface area contributed by atoms with Crippen molar-refractivity contribution in [3.63, 3.8) is 0 Å². The third-order valence-corrected chi connectivity index (χ3v) is 5.89. The van der Waals surface area contributed by atoms with Crippen LogP contribution in [0.1, 0.15) is 40.5 Å². The second-order valence-corrected chi connectivity index (χ2v) is 8.39.